The first-order valence-electron chi connectivity index (χ1n) is 4.91. The molecule has 1 heterocycles. The predicted molar refractivity (Wildman–Crippen MR) is 63.6 cm³/mol. The number of nitrogens with two attached hydrogens (primary N) is 2. The lowest BCUT2D eigenvalue weighted by molar-refractivity contribution is 1.08. The molecule has 5 heteroatoms. The van der Waals surface area contributed by atoms with Crippen LogP contribution in [0.5, 0.6) is 0 Å². The molecule has 5 nitrogen and oxygen atoms in total. The van der Waals surface area contributed by atoms with Gasteiger partial charge in [0.2, 0.25) is 11.9 Å². The van der Waals surface area contributed by atoms with Crippen LogP contribution in [0.15, 0.2) is 18.2 Å². The molecule has 0 spiro atoms. The molecule has 0 bridgehead atoms. The molecule has 0 fully saturated rings. The summed E-state index contributed by atoms with van der Waals surface area (Å²) in [5.74, 6) is 0.787. The van der Waals surface area contributed by atoms with Gasteiger partial charge in [-0.3, -0.25) is 0 Å². The van der Waals surface area contributed by atoms with Gasteiger partial charge in [0.1, 0.15) is 0 Å². The third-order valence-electron chi connectivity index (χ3n) is 2.44. The summed E-state index contributed by atoms with van der Waals surface area (Å²) >= 11 is 0. The Hall–Kier alpha value is -2.17. The summed E-state index contributed by atoms with van der Waals surface area (Å²) < 4.78 is 0. The van der Waals surface area contributed by atoms with Crippen LogP contribution in [0.3, 0.4) is 0 Å². The van der Waals surface area contributed by atoms with Crippen molar-refractivity contribution in [2.45, 2.75) is 13.8 Å². The molecule has 4 N–H and O–H groups in total. The van der Waals surface area contributed by atoms with E-state index >= 15 is 0 Å². The van der Waals surface area contributed by atoms with E-state index in [4.69, 9.17) is 11.5 Å². The van der Waals surface area contributed by atoms with Crippen molar-refractivity contribution in [3.05, 3.63) is 29.3 Å². The van der Waals surface area contributed by atoms with Gasteiger partial charge in [-0.15, -0.1) is 0 Å². The Bertz CT molecular complexity index is 516. The first-order valence-corrected chi connectivity index (χ1v) is 4.91. The van der Waals surface area contributed by atoms with Gasteiger partial charge >= 0.3 is 0 Å². The number of aromatic nitrogens is 3. The van der Waals surface area contributed by atoms with Crippen molar-refractivity contribution < 1.29 is 0 Å². The van der Waals surface area contributed by atoms with Gasteiger partial charge < -0.3 is 11.5 Å². The van der Waals surface area contributed by atoms with Crippen molar-refractivity contribution in [1.29, 1.82) is 0 Å². The summed E-state index contributed by atoms with van der Waals surface area (Å²) in [5, 5.41) is 0. The van der Waals surface area contributed by atoms with E-state index in [9.17, 15) is 0 Å². The zero-order valence-electron chi connectivity index (χ0n) is 9.23. The first-order chi connectivity index (χ1) is 7.56. The average molecular weight is 215 g/mol. The van der Waals surface area contributed by atoms with Gasteiger partial charge in [-0.25, -0.2) is 0 Å². The molecule has 2 aromatic rings. The summed E-state index contributed by atoms with van der Waals surface area (Å²) in [7, 11) is 0. The standard InChI is InChI=1S/C11H13N5/c1-6-3-4-8(5-7(6)2)9-14-10(12)16-11(13)15-9/h3-5H,1-2H3,(H4,12,13,14,15,16). The molecule has 16 heavy (non-hydrogen) atoms. The number of anilines is 2. The molecule has 2 rings (SSSR count). The van der Waals surface area contributed by atoms with Crippen LogP contribution in [-0.4, -0.2) is 15.0 Å². The highest BCUT2D eigenvalue weighted by Gasteiger charge is 2.05. The molecule has 0 saturated heterocycles. The highest BCUT2D eigenvalue weighted by molar-refractivity contribution is 5.59. The molecule has 1 aromatic heterocycles. The lowest BCUT2D eigenvalue weighted by Gasteiger charge is -2.05. The molecule has 0 atom stereocenters. The van der Waals surface area contributed by atoms with E-state index in [0.717, 1.165) is 5.56 Å². The Morgan fingerprint density at radius 3 is 2.06 bits per heavy atom. The minimum atomic E-state index is 0.140. The molecule has 0 unspecified atom stereocenters. The molecule has 0 saturated carbocycles. The quantitative estimate of drug-likeness (QED) is 0.748. The van der Waals surface area contributed by atoms with Crippen molar-refractivity contribution in [3.63, 3.8) is 0 Å². The Morgan fingerprint density at radius 1 is 0.875 bits per heavy atom. The number of nitrogen functional groups attached to an aromatic ring is 2. The number of aryl methyl sites for hydroxylation is 2. The number of hydrogen-bond acceptors (Lipinski definition) is 5. The van der Waals surface area contributed by atoms with Crippen molar-refractivity contribution in [1.82, 2.24) is 15.0 Å². The largest absolute Gasteiger partial charge is 0.368 e. The fraction of sp³-hybridized carbons (Fsp3) is 0.182. The smallest absolute Gasteiger partial charge is 0.225 e. The van der Waals surface area contributed by atoms with Crippen LogP contribution in [0.1, 0.15) is 11.1 Å². The second-order valence-electron chi connectivity index (χ2n) is 3.67. The van der Waals surface area contributed by atoms with Crippen molar-refractivity contribution in [2.75, 3.05) is 11.5 Å². The Labute approximate surface area is 93.6 Å². The van der Waals surface area contributed by atoms with Gasteiger partial charge in [0.05, 0.1) is 0 Å². The molecular formula is C11H13N5. The van der Waals surface area contributed by atoms with Crippen LogP contribution in [-0.2, 0) is 0 Å². The maximum Gasteiger partial charge on any atom is 0.225 e. The summed E-state index contributed by atoms with van der Waals surface area (Å²) in [5.41, 5.74) is 14.3. The maximum atomic E-state index is 5.52. The van der Waals surface area contributed by atoms with Crippen LogP contribution in [0.2, 0.25) is 0 Å². The lowest BCUT2D eigenvalue weighted by Crippen LogP contribution is -2.04. The summed E-state index contributed by atoms with van der Waals surface area (Å²) in [6.45, 7) is 4.09. The number of benzene rings is 1. The second kappa shape index (κ2) is 3.77. The molecule has 0 radical (unpaired) electrons. The maximum absolute atomic E-state index is 5.52. The molecule has 1 aromatic carbocycles. The van der Waals surface area contributed by atoms with Crippen LogP contribution >= 0.6 is 0 Å². The van der Waals surface area contributed by atoms with E-state index in [2.05, 4.69) is 21.9 Å². The van der Waals surface area contributed by atoms with Gasteiger partial charge in [0, 0.05) is 5.56 Å². The first kappa shape index (κ1) is 10.4. The van der Waals surface area contributed by atoms with Gasteiger partial charge in [-0.05, 0) is 31.0 Å². The fourth-order valence-corrected chi connectivity index (χ4v) is 1.42. The zero-order chi connectivity index (χ0) is 11.7. The Balaban J connectivity index is 2.54. The van der Waals surface area contributed by atoms with Gasteiger partial charge in [0.15, 0.2) is 5.82 Å². The average Bonchev–Trinajstić information content (AvgIpc) is 2.20. The van der Waals surface area contributed by atoms with E-state index in [-0.39, 0.29) is 11.9 Å². The van der Waals surface area contributed by atoms with E-state index in [1.165, 1.54) is 11.1 Å². The minimum absolute atomic E-state index is 0.140. The van der Waals surface area contributed by atoms with Crippen molar-refractivity contribution >= 4 is 11.9 Å². The molecule has 0 aliphatic heterocycles. The number of nitrogens with zero attached hydrogens (tertiary/aromatic N) is 3. The van der Waals surface area contributed by atoms with Gasteiger partial charge in [0.25, 0.3) is 0 Å². The van der Waals surface area contributed by atoms with E-state index in [1.807, 2.05) is 25.1 Å². The zero-order valence-corrected chi connectivity index (χ0v) is 9.23. The Kier molecular flexibility index (Phi) is 2.44. The molecule has 0 aliphatic carbocycles. The highest BCUT2D eigenvalue weighted by atomic mass is 15.1. The Morgan fingerprint density at radius 2 is 1.50 bits per heavy atom. The molecule has 0 aliphatic rings. The van der Waals surface area contributed by atoms with Crippen LogP contribution in [0, 0.1) is 13.8 Å². The minimum Gasteiger partial charge on any atom is -0.368 e. The summed E-state index contributed by atoms with van der Waals surface area (Å²) in [4.78, 5) is 11.8. The lowest BCUT2D eigenvalue weighted by atomic mass is 10.1. The van der Waals surface area contributed by atoms with Crippen LogP contribution < -0.4 is 11.5 Å². The highest BCUT2D eigenvalue weighted by Crippen LogP contribution is 2.19. The van der Waals surface area contributed by atoms with Crippen molar-refractivity contribution in [3.8, 4) is 11.4 Å². The second-order valence-corrected chi connectivity index (χ2v) is 3.67. The molecule has 82 valence electrons. The number of hydrogen-bond donors (Lipinski definition) is 2. The van der Waals surface area contributed by atoms with Gasteiger partial charge in [-0.2, -0.15) is 15.0 Å². The van der Waals surface area contributed by atoms with E-state index < -0.39 is 0 Å². The SMILES string of the molecule is Cc1ccc(-c2nc(N)nc(N)n2)cc1C. The van der Waals surface area contributed by atoms with Gasteiger partial charge in [-0.1, -0.05) is 12.1 Å². The fourth-order valence-electron chi connectivity index (χ4n) is 1.42. The molecule has 0 amide bonds. The summed E-state index contributed by atoms with van der Waals surface area (Å²) in [6.07, 6.45) is 0. The van der Waals surface area contributed by atoms with E-state index in [0.29, 0.717) is 5.82 Å². The summed E-state index contributed by atoms with van der Waals surface area (Å²) in [6, 6.07) is 5.96. The van der Waals surface area contributed by atoms with Crippen LogP contribution in [0.25, 0.3) is 11.4 Å². The van der Waals surface area contributed by atoms with Crippen LogP contribution in [0.4, 0.5) is 11.9 Å². The molecular weight excluding hydrogens is 202 g/mol. The number of rotatable bonds is 1. The third-order valence-corrected chi connectivity index (χ3v) is 2.44. The third kappa shape index (κ3) is 1.93. The van der Waals surface area contributed by atoms with E-state index in [1.54, 1.807) is 0 Å². The monoisotopic (exact) mass is 215 g/mol. The topological polar surface area (TPSA) is 90.7 Å². The normalized spacial score (nSPS) is 10.4. The van der Waals surface area contributed by atoms with Crippen molar-refractivity contribution in [2.24, 2.45) is 0 Å². The predicted octanol–water partition coefficient (Wildman–Crippen LogP) is 1.32.